The van der Waals surface area contributed by atoms with E-state index in [1.54, 1.807) is 0 Å². The van der Waals surface area contributed by atoms with Gasteiger partial charge in [-0.15, -0.1) is 0 Å². The Morgan fingerprint density at radius 2 is 2.06 bits per heavy atom. The first-order chi connectivity index (χ1) is 8.39. The van der Waals surface area contributed by atoms with Crippen LogP contribution < -0.4 is 10.0 Å². The minimum atomic E-state index is -3.11. The van der Waals surface area contributed by atoms with E-state index in [4.69, 9.17) is 4.74 Å². The summed E-state index contributed by atoms with van der Waals surface area (Å²) >= 11 is 0. The SMILES string of the molecule is CCOC1CC(NCCS(=O)(=O)NC)C1(C)CC. The molecule has 108 valence electrons. The van der Waals surface area contributed by atoms with Gasteiger partial charge in [0.15, 0.2) is 0 Å². The number of rotatable bonds is 8. The van der Waals surface area contributed by atoms with E-state index in [9.17, 15) is 8.42 Å². The van der Waals surface area contributed by atoms with Crippen molar-refractivity contribution in [3.05, 3.63) is 0 Å². The second-order valence-electron chi connectivity index (χ2n) is 5.07. The summed E-state index contributed by atoms with van der Waals surface area (Å²) in [5.41, 5.74) is 0.124. The third-order valence-corrected chi connectivity index (χ3v) is 5.55. The van der Waals surface area contributed by atoms with E-state index in [-0.39, 0.29) is 11.2 Å². The van der Waals surface area contributed by atoms with Gasteiger partial charge in [0, 0.05) is 24.6 Å². The fraction of sp³-hybridized carbons (Fsp3) is 1.00. The van der Waals surface area contributed by atoms with Gasteiger partial charge in [-0.2, -0.15) is 0 Å². The van der Waals surface area contributed by atoms with Crippen molar-refractivity contribution in [3.8, 4) is 0 Å². The van der Waals surface area contributed by atoms with Crippen molar-refractivity contribution in [3.63, 3.8) is 0 Å². The first kappa shape index (κ1) is 15.9. The van der Waals surface area contributed by atoms with Gasteiger partial charge < -0.3 is 10.1 Å². The molecule has 0 aliphatic heterocycles. The molecule has 1 saturated carbocycles. The molecule has 1 fully saturated rings. The molecule has 18 heavy (non-hydrogen) atoms. The van der Waals surface area contributed by atoms with Crippen LogP contribution in [0.5, 0.6) is 0 Å². The molecule has 2 N–H and O–H groups in total. The predicted molar refractivity (Wildman–Crippen MR) is 73.1 cm³/mol. The molecular weight excluding hydrogens is 252 g/mol. The van der Waals surface area contributed by atoms with Crippen molar-refractivity contribution < 1.29 is 13.2 Å². The van der Waals surface area contributed by atoms with Crippen LogP contribution in [-0.4, -0.2) is 46.5 Å². The van der Waals surface area contributed by atoms with E-state index >= 15 is 0 Å². The smallest absolute Gasteiger partial charge is 0.212 e. The highest BCUT2D eigenvalue weighted by molar-refractivity contribution is 7.89. The lowest BCUT2D eigenvalue weighted by Gasteiger charge is -2.53. The van der Waals surface area contributed by atoms with Crippen LogP contribution in [0, 0.1) is 5.41 Å². The highest BCUT2D eigenvalue weighted by Crippen LogP contribution is 2.45. The van der Waals surface area contributed by atoms with Crippen LogP contribution in [0.3, 0.4) is 0 Å². The maximum atomic E-state index is 11.3. The Morgan fingerprint density at radius 3 is 2.56 bits per heavy atom. The number of hydrogen-bond acceptors (Lipinski definition) is 4. The van der Waals surface area contributed by atoms with Crippen molar-refractivity contribution in [1.29, 1.82) is 0 Å². The number of nitrogens with one attached hydrogen (secondary N) is 2. The molecule has 0 radical (unpaired) electrons. The molecule has 6 heteroatoms. The average molecular weight is 278 g/mol. The minimum Gasteiger partial charge on any atom is -0.378 e. The van der Waals surface area contributed by atoms with Crippen molar-refractivity contribution >= 4 is 10.0 Å². The summed E-state index contributed by atoms with van der Waals surface area (Å²) in [5, 5.41) is 3.34. The number of hydrogen-bond donors (Lipinski definition) is 2. The van der Waals surface area contributed by atoms with Crippen LogP contribution in [-0.2, 0) is 14.8 Å². The normalized spacial score (nSPS) is 32.2. The molecule has 0 saturated heterocycles. The second kappa shape index (κ2) is 6.32. The molecule has 1 rings (SSSR count). The molecule has 5 nitrogen and oxygen atoms in total. The van der Waals surface area contributed by atoms with Gasteiger partial charge >= 0.3 is 0 Å². The lowest BCUT2D eigenvalue weighted by molar-refractivity contribution is -0.125. The van der Waals surface area contributed by atoms with Crippen molar-refractivity contribution in [2.75, 3.05) is 26.0 Å². The lowest BCUT2D eigenvalue weighted by atomic mass is 9.61. The molecular formula is C12H26N2O3S. The van der Waals surface area contributed by atoms with Crippen molar-refractivity contribution in [1.82, 2.24) is 10.0 Å². The topological polar surface area (TPSA) is 67.4 Å². The summed E-state index contributed by atoms with van der Waals surface area (Å²) in [7, 11) is -1.67. The zero-order chi connectivity index (χ0) is 13.8. The standard InChI is InChI=1S/C12H26N2O3S/c1-5-12(3)10(9-11(12)17-6-2)14-7-8-18(15,16)13-4/h10-11,13-14H,5-9H2,1-4H3. The van der Waals surface area contributed by atoms with E-state index in [2.05, 4.69) is 23.9 Å². The van der Waals surface area contributed by atoms with Gasteiger partial charge in [0.1, 0.15) is 0 Å². The summed E-state index contributed by atoms with van der Waals surface area (Å²) in [5.74, 6) is 0.124. The van der Waals surface area contributed by atoms with Crippen LogP contribution in [0.15, 0.2) is 0 Å². The van der Waals surface area contributed by atoms with Crippen LogP contribution in [0.1, 0.15) is 33.6 Å². The van der Waals surface area contributed by atoms with Crippen LogP contribution in [0.2, 0.25) is 0 Å². The first-order valence-electron chi connectivity index (χ1n) is 6.65. The van der Waals surface area contributed by atoms with Gasteiger partial charge in [-0.1, -0.05) is 13.8 Å². The summed E-state index contributed by atoms with van der Waals surface area (Å²) in [6.07, 6.45) is 2.30. The highest BCUT2D eigenvalue weighted by atomic mass is 32.2. The van der Waals surface area contributed by atoms with Gasteiger partial charge in [0.2, 0.25) is 10.0 Å². The van der Waals surface area contributed by atoms with Crippen LogP contribution in [0.4, 0.5) is 0 Å². The monoisotopic (exact) mass is 278 g/mol. The Bertz CT molecular complexity index is 358. The molecule has 1 aliphatic rings. The molecule has 0 bridgehead atoms. The molecule has 0 aromatic heterocycles. The zero-order valence-electron chi connectivity index (χ0n) is 11.8. The summed E-state index contributed by atoms with van der Waals surface area (Å²) in [4.78, 5) is 0. The molecule has 0 amide bonds. The van der Waals surface area contributed by atoms with E-state index < -0.39 is 10.0 Å². The Balaban J connectivity index is 2.41. The lowest BCUT2D eigenvalue weighted by Crippen LogP contribution is -2.62. The quantitative estimate of drug-likeness (QED) is 0.686. The summed E-state index contributed by atoms with van der Waals surface area (Å²) in [6.45, 7) is 7.60. The third kappa shape index (κ3) is 3.44. The number of sulfonamides is 1. The van der Waals surface area contributed by atoms with Gasteiger partial charge in [0.25, 0.3) is 0 Å². The summed E-state index contributed by atoms with van der Waals surface area (Å²) in [6, 6.07) is 0.353. The second-order valence-corrected chi connectivity index (χ2v) is 7.11. The molecule has 0 spiro atoms. The van der Waals surface area contributed by atoms with Crippen molar-refractivity contribution in [2.45, 2.75) is 45.8 Å². The van der Waals surface area contributed by atoms with E-state index in [1.807, 2.05) is 6.92 Å². The summed E-state index contributed by atoms with van der Waals surface area (Å²) < 4.78 is 30.7. The molecule has 0 heterocycles. The Hall–Kier alpha value is -0.170. The van der Waals surface area contributed by atoms with Crippen molar-refractivity contribution in [2.24, 2.45) is 5.41 Å². The van der Waals surface area contributed by atoms with Crippen LogP contribution >= 0.6 is 0 Å². The van der Waals surface area contributed by atoms with Gasteiger partial charge in [-0.25, -0.2) is 13.1 Å². The fourth-order valence-corrected chi connectivity index (χ4v) is 3.13. The van der Waals surface area contributed by atoms with Crippen LogP contribution in [0.25, 0.3) is 0 Å². The largest absolute Gasteiger partial charge is 0.378 e. The Labute approximate surface area is 111 Å². The maximum absolute atomic E-state index is 11.3. The van der Waals surface area contributed by atoms with E-state index in [0.717, 1.165) is 19.4 Å². The first-order valence-corrected chi connectivity index (χ1v) is 8.31. The highest BCUT2D eigenvalue weighted by Gasteiger charge is 2.50. The average Bonchev–Trinajstić information content (AvgIpc) is 2.35. The van der Waals surface area contributed by atoms with E-state index in [0.29, 0.717) is 18.7 Å². The third-order valence-electron chi connectivity index (χ3n) is 4.18. The van der Waals surface area contributed by atoms with Gasteiger partial charge in [-0.3, -0.25) is 0 Å². The van der Waals surface area contributed by atoms with E-state index in [1.165, 1.54) is 7.05 Å². The molecule has 3 atom stereocenters. The minimum absolute atomic E-state index is 0.124. The Morgan fingerprint density at radius 1 is 1.39 bits per heavy atom. The van der Waals surface area contributed by atoms with Gasteiger partial charge in [-0.05, 0) is 26.8 Å². The molecule has 3 unspecified atom stereocenters. The predicted octanol–water partition coefficient (Wildman–Crippen LogP) is 0.719. The Kier molecular flexibility index (Phi) is 5.58. The molecule has 0 aromatic carbocycles. The number of ether oxygens (including phenoxy) is 1. The van der Waals surface area contributed by atoms with Gasteiger partial charge in [0.05, 0.1) is 11.9 Å². The molecule has 1 aliphatic carbocycles. The zero-order valence-corrected chi connectivity index (χ0v) is 12.6. The maximum Gasteiger partial charge on any atom is 0.212 e. The fourth-order valence-electron chi connectivity index (χ4n) is 2.54. The molecule has 0 aromatic rings.